The minimum atomic E-state index is -2.92. The molecule has 1 amide bonds. The summed E-state index contributed by atoms with van der Waals surface area (Å²) in [4.78, 5) is 16.0. The molecule has 2 aliphatic heterocycles. The molecule has 1 aromatic carbocycles. The number of piperazine rings is 1. The molecule has 144 valence electrons. The summed E-state index contributed by atoms with van der Waals surface area (Å²) < 4.78 is 40.5. The minimum Gasteiger partial charge on any atom is -0.454 e. The number of rotatable bonds is 7. The lowest BCUT2D eigenvalue weighted by atomic mass is 10.1. The molecular formula is C17H23F2N3O4. The van der Waals surface area contributed by atoms with Crippen molar-refractivity contribution in [3.05, 3.63) is 17.7 Å². The zero-order chi connectivity index (χ0) is 18.5. The van der Waals surface area contributed by atoms with Crippen molar-refractivity contribution in [2.24, 2.45) is 0 Å². The third-order valence-corrected chi connectivity index (χ3v) is 4.39. The van der Waals surface area contributed by atoms with Crippen molar-refractivity contribution in [1.29, 1.82) is 0 Å². The molecule has 0 aliphatic carbocycles. The van der Waals surface area contributed by atoms with Crippen LogP contribution in [0.3, 0.4) is 0 Å². The summed E-state index contributed by atoms with van der Waals surface area (Å²) in [5, 5.41) is 3.21. The Bertz CT molecular complexity index is 639. The van der Waals surface area contributed by atoms with Gasteiger partial charge in [0.25, 0.3) is 0 Å². The van der Waals surface area contributed by atoms with Crippen LogP contribution < -0.4 is 19.5 Å². The van der Waals surface area contributed by atoms with Gasteiger partial charge in [-0.3, -0.25) is 4.79 Å². The van der Waals surface area contributed by atoms with Crippen LogP contribution in [0, 0.1) is 0 Å². The van der Waals surface area contributed by atoms with Crippen molar-refractivity contribution in [3.63, 3.8) is 0 Å². The second-order valence-corrected chi connectivity index (χ2v) is 6.31. The van der Waals surface area contributed by atoms with Crippen LogP contribution in [0.1, 0.15) is 12.0 Å². The summed E-state index contributed by atoms with van der Waals surface area (Å²) in [5.74, 6) is 1.06. The van der Waals surface area contributed by atoms with Gasteiger partial charge in [0, 0.05) is 57.3 Å². The Balaban J connectivity index is 1.59. The first kappa shape index (κ1) is 18.7. The summed E-state index contributed by atoms with van der Waals surface area (Å²) in [6, 6.07) is 3.07. The number of hydrogen-bond donors (Lipinski definition) is 1. The van der Waals surface area contributed by atoms with Gasteiger partial charge in [0.1, 0.15) is 5.75 Å². The van der Waals surface area contributed by atoms with E-state index in [0.29, 0.717) is 36.6 Å². The molecule has 9 heteroatoms. The Morgan fingerprint density at radius 2 is 2.00 bits per heavy atom. The van der Waals surface area contributed by atoms with E-state index < -0.39 is 6.61 Å². The standard InChI is InChI=1S/C17H23F2N3O4/c1-21(5-2-16(23)22-6-3-20-4-7-22)10-12-8-14-15(25-11-24-14)9-13(12)26-17(18)19/h8-9,17,20H,2-7,10-11H2,1H3. The van der Waals surface area contributed by atoms with E-state index in [2.05, 4.69) is 10.1 Å². The van der Waals surface area contributed by atoms with Gasteiger partial charge in [-0.15, -0.1) is 0 Å². The van der Waals surface area contributed by atoms with Crippen molar-refractivity contribution in [2.75, 3.05) is 46.6 Å². The fourth-order valence-corrected chi connectivity index (χ4v) is 3.02. The van der Waals surface area contributed by atoms with Crippen molar-refractivity contribution in [1.82, 2.24) is 15.1 Å². The summed E-state index contributed by atoms with van der Waals surface area (Å²) in [6.07, 6.45) is 0.381. The van der Waals surface area contributed by atoms with E-state index in [4.69, 9.17) is 9.47 Å². The topological polar surface area (TPSA) is 63.3 Å². The lowest BCUT2D eigenvalue weighted by molar-refractivity contribution is -0.132. The largest absolute Gasteiger partial charge is 0.454 e. The molecule has 3 rings (SSSR count). The number of ether oxygens (including phenoxy) is 3. The normalized spacial score (nSPS) is 16.4. The quantitative estimate of drug-likeness (QED) is 0.779. The molecule has 7 nitrogen and oxygen atoms in total. The van der Waals surface area contributed by atoms with E-state index in [9.17, 15) is 13.6 Å². The van der Waals surface area contributed by atoms with Gasteiger partial charge in [0.05, 0.1) is 0 Å². The van der Waals surface area contributed by atoms with Crippen LogP contribution in [0.15, 0.2) is 12.1 Å². The van der Waals surface area contributed by atoms with Crippen LogP contribution in [-0.2, 0) is 11.3 Å². The maximum Gasteiger partial charge on any atom is 0.387 e. The van der Waals surface area contributed by atoms with Crippen molar-refractivity contribution in [2.45, 2.75) is 19.6 Å². The molecule has 0 aromatic heterocycles. The Kier molecular flexibility index (Phi) is 6.10. The lowest BCUT2D eigenvalue weighted by Gasteiger charge is -2.28. The van der Waals surface area contributed by atoms with Crippen LogP contribution in [-0.4, -0.2) is 68.9 Å². The lowest BCUT2D eigenvalue weighted by Crippen LogP contribution is -2.47. The van der Waals surface area contributed by atoms with Crippen molar-refractivity contribution in [3.8, 4) is 17.2 Å². The molecule has 26 heavy (non-hydrogen) atoms. The van der Waals surface area contributed by atoms with Crippen LogP contribution in [0.5, 0.6) is 17.2 Å². The maximum atomic E-state index is 12.7. The number of carbonyl (C=O) groups is 1. The second kappa shape index (κ2) is 8.50. The van der Waals surface area contributed by atoms with Gasteiger partial charge in [-0.1, -0.05) is 0 Å². The number of alkyl halides is 2. The zero-order valence-electron chi connectivity index (χ0n) is 14.7. The van der Waals surface area contributed by atoms with Gasteiger partial charge >= 0.3 is 6.61 Å². The van der Waals surface area contributed by atoms with E-state index >= 15 is 0 Å². The van der Waals surface area contributed by atoms with Crippen LogP contribution in [0.4, 0.5) is 8.78 Å². The van der Waals surface area contributed by atoms with Crippen LogP contribution in [0.2, 0.25) is 0 Å². The molecular weight excluding hydrogens is 348 g/mol. The minimum absolute atomic E-state index is 0.0575. The first-order chi connectivity index (χ1) is 12.5. The van der Waals surface area contributed by atoms with Crippen LogP contribution >= 0.6 is 0 Å². The maximum absolute atomic E-state index is 12.7. The van der Waals surface area contributed by atoms with E-state index in [1.807, 2.05) is 16.8 Å². The van der Waals surface area contributed by atoms with E-state index in [1.165, 1.54) is 6.07 Å². The predicted molar refractivity (Wildman–Crippen MR) is 89.6 cm³/mol. The van der Waals surface area contributed by atoms with Crippen molar-refractivity contribution < 1.29 is 27.8 Å². The third-order valence-electron chi connectivity index (χ3n) is 4.39. The summed E-state index contributed by atoms with van der Waals surface area (Å²) in [5.41, 5.74) is 0.562. The highest BCUT2D eigenvalue weighted by Gasteiger charge is 2.21. The smallest absolute Gasteiger partial charge is 0.387 e. The SMILES string of the molecule is CN(CCC(=O)N1CCNCC1)Cc1cc2c(cc1OC(F)F)OCO2. The fraction of sp³-hybridized carbons (Fsp3) is 0.588. The van der Waals surface area contributed by atoms with E-state index in [-0.39, 0.29) is 18.4 Å². The number of nitrogens with zero attached hydrogens (tertiary/aromatic N) is 2. The monoisotopic (exact) mass is 371 g/mol. The van der Waals surface area contributed by atoms with E-state index in [1.54, 1.807) is 6.07 Å². The molecule has 2 heterocycles. The molecule has 1 aromatic rings. The number of halogens is 2. The molecule has 0 atom stereocenters. The number of amides is 1. The highest BCUT2D eigenvalue weighted by Crippen LogP contribution is 2.39. The molecule has 0 spiro atoms. The van der Waals surface area contributed by atoms with Gasteiger partial charge in [-0.2, -0.15) is 8.78 Å². The number of hydrogen-bond acceptors (Lipinski definition) is 6. The Hall–Kier alpha value is -2.13. The molecule has 2 aliphatic rings. The Labute approximate surface area is 150 Å². The summed E-state index contributed by atoms with van der Waals surface area (Å²) in [6.45, 7) is 1.07. The predicted octanol–water partition coefficient (Wildman–Crippen LogP) is 1.27. The zero-order valence-corrected chi connectivity index (χ0v) is 14.7. The number of benzene rings is 1. The summed E-state index contributed by atoms with van der Waals surface area (Å²) in [7, 11) is 1.84. The summed E-state index contributed by atoms with van der Waals surface area (Å²) >= 11 is 0. The number of fused-ring (bicyclic) bond motifs is 1. The molecule has 1 N–H and O–H groups in total. The fourth-order valence-electron chi connectivity index (χ4n) is 3.02. The van der Waals surface area contributed by atoms with Crippen LogP contribution in [0.25, 0.3) is 0 Å². The second-order valence-electron chi connectivity index (χ2n) is 6.31. The first-order valence-corrected chi connectivity index (χ1v) is 8.57. The van der Waals surface area contributed by atoms with Gasteiger partial charge in [0.2, 0.25) is 12.7 Å². The van der Waals surface area contributed by atoms with Gasteiger partial charge < -0.3 is 29.3 Å². The van der Waals surface area contributed by atoms with Gasteiger partial charge in [0.15, 0.2) is 11.5 Å². The molecule has 0 bridgehead atoms. The average molecular weight is 371 g/mol. The Morgan fingerprint density at radius 1 is 1.31 bits per heavy atom. The van der Waals surface area contributed by atoms with Crippen molar-refractivity contribution >= 4 is 5.91 Å². The number of carbonyl (C=O) groups excluding carboxylic acids is 1. The number of nitrogens with one attached hydrogen (secondary N) is 1. The first-order valence-electron chi connectivity index (χ1n) is 8.57. The Morgan fingerprint density at radius 3 is 2.69 bits per heavy atom. The highest BCUT2D eigenvalue weighted by molar-refractivity contribution is 5.76. The molecule has 1 fully saturated rings. The van der Waals surface area contributed by atoms with Gasteiger partial charge in [-0.25, -0.2) is 0 Å². The average Bonchev–Trinajstić information content (AvgIpc) is 3.07. The molecule has 0 unspecified atom stereocenters. The van der Waals surface area contributed by atoms with Gasteiger partial charge in [-0.05, 0) is 13.1 Å². The molecule has 0 radical (unpaired) electrons. The highest BCUT2D eigenvalue weighted by atomic mass is 19.3. The molecule has 0 saturated carbocycles. The molecule has 1 saturated heterocycles. The van der Waals surface area contributed by atoms with E-state index in [0.717, 1.165) is 26.2 Å². The third kappa shape index (κ3) is 4.73.